The number of nitrogens with zero attached hydrogens (tertiary/aromatic N) is 2. The van der Waals surface area contributed by atoms with E-state index in [1.165, 1.54) is 5.56 Å². The summed E-state index contributed by atoms with van der Waals surface area (Å²) >= 11 is 6.11. The van der Waals surface area contributed by atoms with Crippen molar-refractivity contribution in [3.63, 3.8) is 0 Å². The van der Waals surface area contributed by atoms with Crippen LogP contribution in [0.15, 0.2) is 82.0 Å². The van der Waals surface area contributed by atoms with Crippen LogP contribution in [-0.4, -0.2) is 59.8 Å². The lowest BCUT2D eigenvalue weighted by Gasteiger charge is -2.36. The van der Waals surface area contributed by atoms with Crippen molar-refractivity contribution in [2.24, 2.45) is 0 Å². The Morgan fingerprint density at radius 3 is 2.42 bits per heavy atom. The molecule has 4 aromatic rings. The number of nitrogens with one attached hydrogen (secondary N) is 1. The van der Waals surface area contributed by atoms with Crippen molar-refractivity contribution in [3.8, 4) is 5.75 Å². The maximum absolute atomic E-state index is 14.1. The van der Waals surface area contributed by atoms with E-state index in [1.54, 1.807) is 35.2 Å². The van der Waals surface area contributed by atoms with Crippen LogP contribution in [0, 0.1) is 0 Å². The van der Waals surface area contributed by atoms with Crippen LogP contribution in [0.25, 0.3) is 11.0 Å². The number of ether oxygens (including phenoxy) is 1. The molecule has 3 aromatic carbocycles. The van der Waals surface area contributed by atoms with Gasteiger partial charge < -0.3 is 24.3 Å². The predicted octanol–water partition coefficient (Wildman–Crippen LogP) is 7.13. The second kappa shape index (κ2) is 17.3. The SMILES string of the molecule is CC.CCOc1ccc2oc(C(=O)NC(Cc3ccc(Cl)cc3)C(=O)N3CCC(c4ccccc4CN4CCCCC4=O)CC3)cc(=O)c2c1. The van der Waals surface area contributed by atoms with Crippen LogP contribution >= 0.6 is 11.6 Å². The van der Waals surface area contributed by atoms with Crippen LogP contribution in [0.3, 0.4) is 0 Å². The Morgan fingerprint density at radius 2 is 1.70 bits per heavy atom. The van der Waals surface area contributed by atoms with Gasteiger partial charge in [-0.1, -0.05) is 61.8 Å². The summed E-state index contributed by atoms with van der Waals surface area (Å²) in [6.45, 7) is 8.76. The molecule has 0 bridgehead atoms. The molecule has 2 aliphatic rings. The first-order valence-electron chi connectivity index (χ1n) is 17.7. The molecule has 3 amide bonds. The van der Waals surface area contributed by atoms with Crippen LogP contribution in [0.5, 0.6) is 5.75 Å². The molecule has 3 heterocycles. The first-order valence-corrected chi connectivity index (χ1v) is 18.1. The topological polar surface area (TPSA) is 109 Å². The number of hydrogen-bond acceptors (Lipinski definition) is 6. The molecule has 0 aliphatic carbocycles. The minimum absolute atomic E-state index is 0.173. The van der Waals surface area contributed by atoms with Crippen LogP contribution in [0.2, 0.25) is 5.02 Å². The first-order chi connectivity index (χ1) is 24.3. The third-order valence-electron chi connectivity index (χ3n) is 9.27. The summed E-state index contributed by atoms with van der Waals surface area (Å²) in [5.41, 5.74) is 3.10. The summed E-state index contributed by atoms with van der Waals surface area (Å²) in [4.78, 5) is 56.8. The highest BCUT2D eigenvalue weighted by Crippen LogP contribution is 2.32. The van der Waals surface area contributed by atoms with E-state index in [9.17, 15) is 19.2 Å². The Labute approximate surface area is 298 Å². The summed E-state index contributed by atoms with van der Waals surface area (Å²) in [5, 5.41) is 3.74. The lowest BCUT2D eigenvalue weighted by Crippen LogP contribution is -2.51. The molecule has 0 radical (unpaired) electrons. The summed E-state index contributed by atoms with van der Waals surface area (Å²) in [5.74, 6) is -0.0197. The van der Waals surface area contributed by atoms with Gasteiger partial charge in [0.25, 0.3) is 5.91 Å². The molecule has 1 atom stereocenters. The molecule has 1 aromatic heterocycles. The molecule has 0 spiro atoms. The third-order valence-corrected chi connectivity index (χ3v) is 9.53. The number of rotatable bonds is 10. The molecule has 50 heavy (non-hydrogen) atoms. The minimum Gasteiger partial charge on any atom is -0.494 e. The lowest BCUT2D eigenvalue weighted by atomic mass is 9.86. The normalized spacial score (nSPS) is 15.6. The highest BCUT2D eigenvalue weighted by Gasteiger charge is 2.32. The number of halogens is 1. The number of piperidine rings is 2. The monoisotopic (exact) mass is 699 g/mol. The quantitative estimate of drug-likeness (QED) is 0.189. The van der Waals surface area contributed by atoms with Crippen LogP contribution in [0.1, 0.15) is 86.0 Å². The number of amides is 3. The van der Waals surface area contributed by atoms with Gasteiger partial charge in [0.15, 0.2) is 11.2 Å². The Hall–Kier alpha value is -4.63. The van der Waals surface area contributed by atoms with Gasteiger partial charge in [0, 0.05) is 50.1 Å². The van der Waals surface area contributed by atoms with Gasteiger partial charge >= 0.3 is 0 Å². The van der Waals surface area contributed by atoms with E-state index < -0.39 is 11.9 Å². The maximum Gasteiger partial charge on any atom is 0.287 e. The molecule has 2 saturated heterocycles. The maximum atomic E-state index is 14.1. The molecule has 9 nitrogen and oxygen atoms in total. The van der Waals surface area contributed by atoms with Gasteiger partial charge in [-0.05, 0) is 85.5 Å². The van der Waals surface area contributed by atoms with Crippen molar-refractivity contribution in [2.75, 3.05) is 26.2 Å². The molecule has 6 rings (SSSR count). The number of carbonyl (C=O) groups is 3. The Kier molecular flexibility index (Phi) is 12.7. The summed E-state index contributed by atoms with van der Waals surface area (Å²) in [7, 11) is 0. The molecular weight excluding hydrogens is 654 g/mol. The van der Waals surface area contributed by atoms with Crippen LogP contribution in [0.4, 0.5) is 0 Å². The molecule has 2 aliphatic heterocycles. The lowest BCUT2D eigenvalue weighted by molar-refractivity contribution is -0.135. The van der Waals surface area contributed by atoms with E-state index >= 15 is 0 Å². The van der Waals surface area contributed by atoms with Crippen molar-refractivity contribution in [1.82, 2.24) is 15.1 Å². The highest BCUT2D eigenvalue weighted by molar-refractivity contribution is 6.30. The summed E-state index contributed by atoms with van der Waals surface area (Å²) in [6.07, 6.45) is 4.37. The van der Waals surface area contributed by atoms with Gasteiger partial charge in [0.1, 0.15) is 17.4 Å². The van der Waals surface area contributed by atoms with Crippen molar-refractivity contribution in [3.05, 3.63) is 110 Å². The fourth-order valence-corrected chi connectivity index (χ4v) is 6.86. The van der Waals surface area contributed by atoms with Crippen molar-refractivity contribution in [2.45, 2.75) is 77.8 Å². The first kappa shape index (κ1) is 36.6. The van der Waals surface area contributed by atoms with Gasteiger partial charge in [-0.3, -0.25) is 19.2 Å². The summed E-state index contributed by atoms with van der Waals surface area (Å²) in [6, 6.07) is 20.6. The van der Waals surface area contributed by atoms with Crippen molar-refractivity contribution < 1.29 is 23.5 Å². The van der Waals surface area contributed by atoms with Crippen molar-refractivity contribution in [1.29, 1.82) is 0 Å². The van der Waals surface area contributed by atoms with Crippen LogP contribution < -0.4 is 15.5 Å². The number of hydrogen-bond donors (Lipinski definition) is 1. The molecule has 1 unspecified atom stereocenters. The third kappa shape index (κ3) is 8.93. The minimum atomic E-state index is -0.894. The van der Waals surface area contributed by atoms with E-state index in [-0.39, 0.29) is 40.9 Å². The standard InChI is InChI=1S/C38H40ClN3O6.C2H6/c1-2-47-29-14-15-34-31(22-29)33(43)23-35(48-34)37(45)40-32(21-25-10-12-28(39)13-11-25)38(46)41-19-16-26(17-20-41)30-8-4-3-7-27(30)24-42-18-6-5-9-36(42)44;1-2/h3-4,7-8,10-15,22-23,26,32H,2,5-6,9,16-21,24H2,1H3,(H,40,45);1-2H3. The van der Waals surface area contributed by atoms with E-state index in [1.807, 2.05) is 49.9 Å². The zero-order valence-corrected chi connectivity index (χ0v) is 29.8. The second-order valence-electron chi connectivity index (χ2n) is 12.5. The molecule has 0 saturated carbocycles. The largest absolute Gasteiger partial charge is 0.494 e. The smallest absolute Gasteiger partial charge is 0.287 e. The second-order valence-corrected chi connectivity index (χ2v) is 12.9. The van der Waals surface area contributed by atoms with Crippen LogP contribution in [-0.2, 0) is 22.6 Å². The Bertz CT molecular complexity index is 1850. The van der Waals surface area contributed by atoms with Gasteiger partial charge in [0.05, 0.1) is 12.0 Å². The van der Waals surface area contributed by atoms with Gasteiger partial charge in [0.2, 0.25) is 11.8 Å². The fourth-order valence-electron chi connectivity index (χ4n) is 6.73. The molecule has 2 fully saturated rings. The van der Waals surface area contributed by atoms with Gasteiger partial charge in [-0.15, -0.1) is 0 Å². The number of benzene rings is 3. The van der Waals surface area contributed by atoms with E-state index in [4.69, 9.17) is 20.8 Å². The number of fused-ring (bicyclic) bond motifs is 1. The predicted molar refractivity (Wildman–Crippen MR) is 196 cm³/mol. The number of likely N-dealkylation sites (tertiary alicyclic amines) is 2. The average Bonchev–Trinajstić information content (AvgIpc) is 3.14. The zero-order chi connectivity index (χ0) is 35.6. The zero-order valence-electron chi connectivity index (χ0n) is 29.1. The van der Waals surface area contributed by atoms with Gasteiger partial charge in [-0.25, -0.2) is 0 Å². The molecular formula is C40H46ClN3O6. The average molecular weight is 700 g/mol. The van der Waals surface area contributed by atoms with E-state index in [0.717, 1.165) is 49.4 Å². The molecule has 1 N–H and O–H groups in total. The fraction of sp³-hybridized carbons (Fsp3) is 0.400. The Balaban J connectivity index is 0.00000239. The van der Waals surface area contributed by atoms with Crippen molar-refractivity contribution >= 4 is 40.3 Å². The van der Waals surface area contributed by atoms with Gasteiger partial charge in [-0.2, -0.15) is 0 Å². The summed E-state index contributed by atoms with van der Waals surface area (Å²) < 4.78 is 11.3. The van der Waals surface area contributed by atoms with E-state index in [0.29, 0.717) is 48.8 Å². The number of carbonyl (C=O) groups excluding carboxylic acids is 3. The van der Waals surface area contributed by atoms with E-state index in [2.05, 4.69) is 17.4 Å². The molecule has 264 valence electrons. The highest BCUT2D eigenvalue weighted by atomic mass is 35.5. The molecule has 10 heteroatoms. The Morgan fingerprint density at radius 1 is 0.960 bits per heavy atom.